The van der Waals surface area contributed by atoms with Gasteiger partial charge in [-0.25, -0.2) is 4.79 Å². The number of hydrogen-bond acceptors (Lipinski definition) is 4. The Labute approximate surface area is 135 Å². The highest BCUT2D eigenvalue weighted by Crippen LogP contribution is 2.23. The number of nitrogens with one attached hydrogen (secondary N) is 2. The summed E-state index contributed by atoms with van der Waals surface area (Å²) < 4.78 is 0. The fraction of sp³-hybridized carbons (Fsp3) is 0. The van der Waals surface area contributed by atoms with Gasteiger partial charge in [0.1, 0.15) is 0 Å². The van der Waals surface area contributed by atoms with Gasteiger partial charge in [-0.1, -0.05) is 17.7 Å². The molecule has 2 aromatic rings. The van der Waals surface area contributed by atoms with Gasteiger partial charge in [-0.05, 0) is 24.3 Å². The third kappa shape index (κ3) is 4.17. The van der Waals surface area contributed by atoms with Crippen molar-refractivity contribution in [1.82, 2.24) is 0 Å². The molecule has 0 fully saturated rings. The first-order valence-corrected chi connectivity index (χ1v) is 6.66. The van der Waals surface area contributed by atoms with Crippen molar-refractivity contribution in [3.8, 4) is 0 Å². The molecule has 0 radical (unpaired) electrons. The number of nitro benzene ring substituents is 1. The molecule has 0 aliphatic carbocycles. The average Bonchev–Trinajstić information content (AvgIpc) is 2.46. The van der Waals surface area contributed by atoms with Crippen LogP contribution in [0.3, 0.4) is 0 Å². The second-order valence-corrected chi connectivity index (χ2v) is 4.85. The average molecular weight is 335 g/mol. The van der Waals surface area contributed by atoms with E-state index in [-0.39, 0.29) is 16.3 Å². The Hall–Kier alpha value is -3.13. The van der Waals surface area contributed by atoms with E-state index in [0.29, 0.717) is 11.4 Å². The van der Waals surface area contributed by atoms with Crippen molar-refractivity contribution in [2.45, 2.75) is 0 Å². The summed E-state index contributed by atoms with van der Waals surface area (Å²) in [6.45, 7) is 0. The molecule has 0 atom stereocenters. The number of anilines is 2. The lowest BCUT2D eigenvalue weighted by Crippen LogP contribution is -2.19. The van der Waals surface area contributed by atoms with E-state index in [1.54, 1.807) is 18.2 Å². The van der Waals surface area contributed by atoms with Crippen molar-refractivity contribution in [3.63, 3.8) is 0 Å². The number of nitrogens with zero attached hydrogens (tertiary/aromatic N) is 1. The zero-order chi connectivity index (χ0) is 17.0. The van der Waals surface area contributed by atoms with Crippen LogP contribution in [0.25, 0.3) is 0 Å². The monoisotopic (exact) mass is 334 g/mol. The Balaban J connectivity index is 2.24. The second-order valence-electron chi connectivity index (χ2n) is 4.45. The van der Waals surface area contributed by atoms with E-state index >= 15 is 0 Å². The van der Waals surface area contributed by atoms with Crippen molar-refractivity contribution < 1.29 is 14.5 Å². The number of rotatable bonds is 4. The van der Waals surface area contributed by atoms with Crippen LogP contribution in [0.15, 0.2) is 42.5 Å². The molecule has 0 aromatic heterocycles. The van der Waals surface area contributed by atoms with E-state index < -0.39 is 16.9 Å². The fourth-order valence-corrected chi connectivity index (χ4v) is 2.02. The summed E-state index contributed by atoms with van der Waals surface area (Å²) in [6, 6.07) is 9.06. The topological polar surface area (TPSA) is 127 Å². The van der Waals surface area contributed by atoms with Crippen molar-refractivity contribution in [3.05, 3.63) is 63.2 Å². The number of carbonyl (C=O) groups is 2. The molecule has 0 unspecified atom stereocenters. The van der Waals surface area contributed by atoms with Crippen LogP contribution in [-0.2, 0) is 0 Å². The molecule has 0 bridgehead atoms. The largest absolute Gasteiger partial charge is 0.351 e. The first kappa shape index (κ1) is 16.2. The molecule has 23 heavy (non-hydrogen) atoms. The number of hydrogen-bond donors (Lipinski definition) is 3. The van der Waals surface area contributed by atoms with Crippen LogP contribution in [0.1, 0.15) is 10.4 Å². The van der Waals surface area contributed by atoms with E-state index in [9.17, 15) is 19.7 Å². The zero-order valence-electron chi connectivity index (χ0n) is 11.6. The van der Waals surface area contributed by atoms with Crippen LogP contribution in [0.4, 0.5) is 21.9 Å². The molecule has 8 nitrogen and oxygen atoms in total. The predicted octanol–water partition coefficient (Wildman–Crippen LogP) is 2.99. The maximum absolute atomic E-state index is 12.2. The second kappa shape index (κ2) is 6.75. The molecule has 0 heterocycles. The molecular weight excluding hydrogens is 324 g/mol. The SMILES string of the molecule is NC(=O)Nc1cccc(NC(=O)c2cc([N+](=O)[O-])ccc2Cl)c1. The number of nitro groups is 1. The summed E-state index contributed by atoms with van der Waals surface area (Å²) >= 11 is 5.91. The fourth-order valence-electron chi connectivity index (χ4n) is 1.82. The van der Waals surface area contributed by atoms with E-state index in [0.717, 1.165) is 6.07 Å². The van der Waals surface area contributed by atoms with Crippen molar-refractivity contribution in [2.24, 2.45) is 5.73 Å². The smallest absolute Gasteiger partial charge is 0.316 e. The first-order valence-electron chi connectivity index (χ1n) is 6.28. The molecule has 0 aliphatic heterocycles. The number of urea groups is 1. The van der Waals surface area contributed by atoms with Crippen LogP contribution in [0, 0.1) is 10.1 Å². The number of non-ortho nitro benzene ring substituents is 1. The molecule has 0 saturated heterocycles. The van der Waals surface area contributed by atoms with Gasteiger partial charge in [-0.3, -0.25) is 14.9 Å². The van der Waals surface area contributed by atoms with Gasteiger partial charge in [0.25, 0.3) is 11.6 Å². The Morgan fingerprint density at radius 1 is 1.09 bits per heavy atom. The molecule has 2 aromatic carbocycles. The van der Waals surface area contributed by atoms with Gasteiger partial charge in [0.2, 0.25) is 0 Å². The lowest BCUT2D eigenvalue weighted by molar-refractivity contribution is -0.384. The third-order valence-corrected chi connectivity index (χ3v) is 3.12. The van der Waals surface area contributed by atoms with Crippen LogP contribution in [-0.4, -0.2) is 16.9 Å². The van der Waals surface area contributed by atoms with Gasteiger partial charge in [-0.15, -0.1) is 0 Å². The Kier molecular flexibility index (Phi) is 4.77. The van der Waals surface area contributed by atoms with Gasteiger partial charge in [0, 0.05) is 23.5 Å². The maximum Gasteiger partial charge on any atom is 0.316 e. The van der Waals surface area contributed by atoms with Crippen LogP contribution in [0.2, 0.25) is 5.02 Å². The Bertz CT molecular complexity index is 794. The number of primary amides is 1. The van der Waals surface area contributed by atoms with Gasteiger partial charge in [0.05, 0.1) is 15.5 Å². The molecule has 0 saturated carbocycles. The van der Waals surface area contributed by atoms with Gasteiger partial charge >= 0.3 is 6.03 Å². The zero-order valence-corrected chi connectivity index (χ0v) is 12.3. The summed E-state index contributed by atoms with van der Waals surface area (Å²) in [4.78, 5) is 33.2. The minimum Gasteiger partial charge on any atom is -0.351 e. The Morgan fingerprint density at radius 3 is 2.35 bits per heavy atom. The summed E-state index contributed by atoms with van der Waals surface area (Å²) in [5, 5.41) is 15.8. The molecule has 4 N–H and O–H groups in total. The van der Waals surface area contributed by atoms with Crippen molar-refractivity contribution in [1.29, 1.82) is 0 Å². The molecule has 0 aliphatic rings. The molecule has 9 heteroatoms. The van der Waals surface area contributed by atoms with E-state index in [4.69, 9.17) is 17.3 Å². The summed E-state index contributed by atoms with van der Waals surface area (Å²) in [7, 11) is 0. The van der Waals surface area contributed by atoms with Crippen LogP contribution < -0.4 is 16.4 Å². The van der Waals surface area contributed by atoms with Crippen molar-refractivity contribution >= 4 is 40.6 Å². The number of amides is 3. The lowest BCUT2D eigenvalue weighted by Gasteiger charge is -2.08. The van der Waals surface area contributed by atoms with Gasteiger partial charge < -0.3 is 16.4 Å². The van der Waals surface area contributed by atoms with E-state index in [2.05, 4.69) is 10.6 Å². The minimum absolute atomic E-state index is 0.0332. The number of nitrogens with two attached hydrogens (primary N) is 1. The normalized spacial score (nSPS) is 9.96. The van der Waals surface area contributed by atoms with E-state index in [1.165, 1.54) is 18.2 Å². The highest BCUT2D eigenvalue weighted by Gasteiger charge is 2.16. The van der Waals surface area contributed by atoms with Crippen LogP contribution in [0.5, 0.6) is 0 Å². The number of carbonyl (C=O) groups excluding carboxylic acids is 2. The molecular formula is C14H11ClN4O4. The highest BCUT2D eigenvalue weighted by atomic mass is 35.5. The third-order valence-electron chi connectivity index (χ3n) is 2.79. The summed E-state index contributed by atoms with van der Waals surface area (Å²) in [5.74, 6) is -0.616. The number of halogens is 1. The first-order chi connectivity index (χ1) is 10.9. The lowest BCUT2D eigenvalue weighted by atomic mass is 10.1. The molecule has 2 rings (SSSR count). The van der Waals surface area contributed by atoms with Crippen LogP contribution >= 0.6 is 11.6 Å². The van der Waals surface area contributed by atoms with E-state index in [1.807, 2.05) is 0 Å². The summed E-state index contributed by atoms with van der Waals surface area (Å²) in [5.41, 5.74) is 5.49. The van der Waals surface area contributed by atoms with Gasteiger partial charge in [-0.2, -0.15) is 0 Å². The molecule has 0 spiro atoms. The molecule has 3 amide bonds. The van der Waals surface area contributed by atoms with Crippen molar-refractivity contribution in [2.75, 3.05) is 10.6 Å². The summed E-state index contributed by atoms with van der Waals surface area (Å²) in [6.07, 6.45) is 0. The van der Waals surface area contributed by atoms with Gasteiger partial charge in [0.15, 0.2) is 0 Å². The number of benzene rings is 2. The Morgan fingerprint density at radius 2 is 1.74 bits per heavy atom. The molecule has 118 valence electrons. The predicted molar refractivity (Wildman–Crippen MR) is 85.7 cm³/mol. The highest BCUT2D eigenvalue weighted by molar-refractivity contribution is 6.34. The minimum atomic E-state index is -0.741. The maximum atomic E-state index is 12.2. The standard InChI is InChI=1S/C14H11ClN4O4/c15-12-5-4-10(19(22)23)7-11(12)13(20)17-8-2-1-3-9(6-8)18-14(16)21/h1-7H,(H,17,20)(H3,16,18,21). The quantitative estimate of drug-likeness (QED) is 0.586.